The highest BCUT2D eigenvalue weighted by Crippen LogP contribution is 2.46. The number of hydrogen-bond acceptors (Lipinski definition) is 3. The second-order valence-electron chi connectivity index (χ2n) is 8.29. The first-order chi connectivity index (χ1) is 14.8. The normalized spacial score (nSPS) is 26.5. The van der Waals surface area contributed by atoms with Crippen LogP contribution in [0.1, 0.15) is 30.4 Å². The molecular weight excluding hydrogens is 408 g/mol. The number of nitrogens with one attached hydrogen (secondary N) is 1. The van der Waals surface area contributed by atoms with Gasteiger partial charge < -0.3 is 15.1 Å². The van der Waals surface area contributed by atoms with Crippen molar-refractivity contribution in [2.24, 2.45) is 10.9 Å². The molecule has 3 aliphatic heterocycles. The first-order valence-electron chi connectivity index (χ1n) is 10.9. The van der Waals surface area contributed by atoms with Crippen molar-refractivity contribution in [3.63, 3.8) is 0 Å². The molecule has 0 aliphatic carbocycles. The van der Waals surface area contributed by atoms with E-state index in [2.05, 4.69) is 75.8 Å². The van der Waals surface area contributed by atoms with E-state index in [0.717, 1.165) is 31.3 Å². The minimum absolute atomic E-state index is 0.398. The molecule has 5 rings (SSSR count). The van der Waals surface area contributed by atoms with Crippen molar-refractivity contribution < 1.29 is 0 Å². The van der Waals surface area contributed by atoms with Crippen LogP contribution in [0.3, 0.4) is 0 Å². The molecule has 3 fully saturated rings. The van der Waals surface area contributed by atoms with Gasteiger partial charge in [0.05, 0.1) is 11.9 Å². The van der Waals surface area contributed by atoms with Crippen molar-refractivity contribution in [2.45, 2.75) is 43.8 Å². The van der Waals surface area contributed by atoms with Crippen LogP contribution in [0.4, 0.5) is 0 Å². The van der Waals surface area contributed by atoms with E-state index in [4.69, 9.17) is 17.2 Å². The molecule has 3 atom stereocenters. The van der Waals surface area contributed by atoms with Gasteiger partial charge in [0.25, 0.3) is 0 Å². The van der Waals surface area contributed by atoms with Gasteiger partial charge in [0.1, 0.15) is 0 Å². The summed E-state index contributed by atoms with van der Waals surface area (Å²) >= 11 is 7.76. The van der Waals surface area contributed by atoms with E-state index in [9.17, 15) is 0 Å². The lowest BCUT2D eigenvalue weighted by Crippen LogP contribution is -2.51. The summed E-state index contributed by atoms with van der Waals surface area (Å²) in [6, 6.07) is 21.7. The third kappa shape index (κ3) is 4.08. The third-order valence-electron chi connectivity index (χ3n) is 6.43. The van der Waals surface area contributed by atoms with Crippen molar-refractivity contribution in [1.29, 1.82) is 0 Å². The van der Waals surface area contributed by atoms with Crippen molar-refractivity contribution in [3.05, 3.63) is 71.8 Å². The molecular formula is C24H28N4S2. The molecule has 0 aromatic heterocycles. The van der Waals surface area contributed by atoms with E-state index in [0.29, 0.717) is 17.3 Å². The summed E-state index contributed by atoms with van der Waals surface area (Å²) < 4.78 is 0. The first-order valence-corrected chi connectivity index (χ1v) is 12.2. The highest BCUT2D eigenvalue weighted by Gasteiger charge is 2.49. The number of likely N-dealkylation sites (tertiary alicyclic amines) is 1. The number of thioether (sulfide) groups is 1. The molecule has 6 heteroatoms. The van der Waals surface area contributed by atoms with Crippen LogP contribution in [0.25, 0.3) is 0 Å². The van der Waals surface area contributed by atoms with E-state index in [1.807, 2.05) is 11.8 Å². The van der Waals surface area contributed by atoms with Crippen molar-refractivity contribution >= 4 is 34.3 Å². The topological polar surface area (TPSA) is 30.9 Å². The van der Waals surface area contributed by atoms with Gasteiger partial charge in [-0.2, -0.15) is 0 Å². The quantitative estimate of drug-likeness (QED) is 0.715. The van der Waals surface area contributed by atoms with Gasteiger partial charge in [-0.1, -0.05) is 72.4 Å². The number of rotatable bonds is 4. The molecule has 3 saturated heterocycles. The largest absolute Gasteiger partial charge is 0.358 e. The standard InChI is InChI=1S/C24H28N4S2/c29-23(25-16-18-8-3-1-4-9-18)28-15-13-20-21-12-7-14-27(21)24(30-22(20)28)26-17-19-10-5-2-6-11-19/h1-6,8-11,20-22H,7,12-17H2,(H,25,29)/t20-,21+,22+/m0/s1. The number of nitrogens with zero attached hydrogens (tertiary/aromatic N) is 3. The summed E-state index contributed by atoms with van der Waals surface area (Å²) in [4.78, 5) is 10.1. The predicted molar refractivity (Wildman–Crippen MR) is 129 cm³/mol. The molecule has 1 N–H and O–H groups in total. The monoisotopic (exact) mass is 436 g/mol. The zero-order valence-corrected chi connectivity index (χ0v) is 18.7. The summed E-state index contributed by atoms with van der Waals surface area (Å²) in [6.07, 6.45) is 3.78. The Bertz CT molecular complexity index is 902. The lowest BCUT2D eigenvalue weighted by molar-refractivity contribution is 0.263. The van der Waals surface area contributed by atoms with Crippen molar-refractivity contribution in [1.82, 2.24) is 15.1 Å². The van der Waals surface area contributed by atoms with E-state index < -0.39 is 0 Å². The summed E-state index contributed by atoms with van der Waals surface area (Å²) in [7, 11) is 0. The Morgan fingerprint density at radius 3 is 2.50 bits per heavy atom. The molecule has 3 heterocycles. The van der Waals surface area contributed by atoms with Crippen LogP contribution in [0.5, 0.6) is 0 Å². The molecule has 2 aromatic carbocycles. The maximum Gasteiger partial charge on any atom is 0.170 e. The van der Waals surface area contributed by atoms with Crippen molar-refractivity contribution in [3.8, 4) is 0 Å². The van der Waals surface area contributed by atoms with Gasteiger partial charge in [0.15, 0.2) is 10.3 Å². The number of amidine groups is 1. The molecule has 0 saturated carbocycles. The van der Waals surface area contributed by atoms with E-state index in [1.54, 1.807) is 0 Å². The minimum Gasteiger partial charge on any atom is -0.358 e. The zero-order valence-electron chi connectivity index (χ0n) is 17.1. The van der Waals surface area contributed by atoms with E-state index >= 15 is 0 Å². The molecule has 0 bridgehead atoms. The molecule has 156 valence electrons. The summed E-state index contributed by atoms with van der Waals surface area (Å²) in [5.41, 5.74) is 2.53. The van der Waals surface area contributed by atoms with Crippen LogP contribution in [0.15, 0.2) is 65.7 Å². The zero-order chi connectivity index (χ0) is 20.3. The lowest BCUT2D eigenvalue weighted by Gasteiger charge is -2.42. The molecule has 2 aromatic rings. The second-order valence-corrected chi connectivity index (χ2v) is 9.76. The van der Waals surface area contributed by atoms with Gasteiger partial charge in [-0.3, -0.25) is 4.99 Å². The van der Waals surface area contributed by atoms with Gasteiger partial charge in [-0.05, 0) is 42.6 Å². The summed E-state index contributed by atoms with van der Waals surface area (Å²) in [5, 5.41) is 5.99. The first kappa shape index (κ1) is 19.9. The summed E-state index contributed by atoms with van der Waals surface area (Å²) in [6.45, 7) is 3.72. The Morgan fingerprint density at radius 2 is 1.73 bits per heavy atom. The fourth-order valence-corrected chi connectivity index (χ4v) is 6.83. The molecule has 4 nitrogen and oxygen atoms in total. The van der Waals surface area contributed by atoms with Gasteiger partial charge in [-0.25, -0.2) is 0 Å². The van der Waals surface area contributed by atoms with E-state index in [1.165, 1.54) is 35.6 Å². The summed E-state index contributed by atoms with van der Waals surface area (Å²) in [5.74, 6) is 0.671. The molecule has 0 spiro atoms. The predicted octanol–water partition coefficient (Wildman–Crippen LogP) is 4.48. The Morgan fingerprint density at radius 1 is 1.00 bits per heavy atom. The Hall–Kier alpha value is -2.05. The Labute approximate surface area is 188 Å². The number of aliphatic imine (C=N–C) groups is 1. The highest BCUT2D eigenvalue weighted by molar-refractivity contribution is 8.14. The molecule has 0 radical (unpaired) electrons. The van der Waals surface area contributed by atoms with Gasteiger partial charge in [0.2, 0.25) is 0 Å². The van der Waals surface area contributed by atoms with Crippen LogP contribution in [0, 0.1) is 5.92 Å². The fourth-order valence-electron chi connectivity index (χ4n) is 4.94. The van der Waals surface area contributed by atoms with Crippen LogP contribution in [-0.2, 0) is 13.1 Å². The number of benzene rings is 2. The maximum absolute atomic E-state index is 5.83. The lowest BCUT2D eigenvalue weighted by atomic mass is 9.96. The third-order valence-corrected chi connectivity index (χ3v) is 8.23. The molecule has 0 amide bonds. The number of thiocarbonyl (C=S) groups is 1. The molecule has 30 heavy (non-hydrogen) atoms. The van der Waals surface area contributed by atoms with Gasteiger partial charge >= 0.3 is 0 Å². The fraction of sp³-hybridized carbons (Fsp3) is 0.417. The van der Waals surface area contributed by atoms with Crippen LogP contribution in [-0.4, -0.2) is 44.6 Å². The van der Waals surface area contributed by atoms with Crippen LogP contribution >= 0.6 is 24.0 Å². The van der Waals surface area contributed by atoms with Crippen LogP contribution < -0.4 is 5.32 Å². The molecule has 3 aliphatic rings. The van der Waals surface area contributed by atoms with Gasteiger partial charge in [-0.15, -0.1) is 0 Å². The minimum atomic E-state index is 0.398. The SMILES string of the molecule is S=C(NCc1ccccc1)N1CC[C@H]2[C@H]3CCCN3C(=NCc3ccccc3)S[C@H]21. The van der Waals surface area contributed by atoms with Crippen molar-refractivity contribution in [2.75, 3.05) is 13.1 Å². The number of hydrogen-bond donors (Lipinski definition) is 1. The average molecular weight is 437 g/mol. The Balaban J connectivity index is 1.29. The van der Waals surface area contributed by atoms with Gasteiger partial charge in [0, 0.05) is 31.6 Å². The molecule has 0 unspecified atom stereocenters. The maximum atomic E-state index is 5.83. The van der Waals surface area contributed by atoms with E-state index in [-0.39, 0.29) is 0 Å². The second kappa shape index (κ2) is 8.98. The smallest absolute Gasteiger partial charge is 0.170 e. The van der Waals surface area contributed by atoms with Crippen LogP contribution in [0.2, 0.25) is 0 Å². The number of fused-ring (bicyclic) bond motifs is 3. The Kier molecular flexibility index (Phi) is 5.95. The highest BCUT2D eigenvalue weighted by atomic mass is 32.2. The average Bonchev–Trinajstić information content (AvgIpc) is 3.44.